The van der Waals surface area contributed by atoms with E-state index in [2.05, 4.69) is 0 Å². The number of hydrogen-bond acceptors (Lipinski definition) is 3. The van der Waals surface area contributed by atoms with Crippen LogP contribution in [0.25, 0.3) is 0 Å². The summed E-state index contributed by atoms with van der Waals surface area (Å²) >= 11 is 0. The topological polar surface area (TPSA) is 75.8 Å². The molecule has 0 unspecified atom stereocenters. The maximum Gasteiger partial charge on any atom is 0.407 e. The van der Waals surface area contributed by atoms with Crippen LogP contribution in [0.4, 0.5) is 10.5 Å². The van der Waals surface area contributed by atoms with E-state index in [-0.39, 0.29) is 6.10 Å². The highest BCUT2D eigenvalue weighted by atomic mass is 16.5. The Morgan fingerprint density at radius 2 is 2.35 bits per heavy atom. The highest BCUT2D eigenvalue weighted by molar-refractivity contribution is 5.65. The molecule has 1 heterocycles. The third-order valence-corrected chi connectivity index (χ3v) is 3.00. The van der Waals surface area contributed by atoms with Crippen molar-refractivity contribution in [1.29, 1.82) is 0 Å². The monoisotopic (exact) mass is 236 g/mol. The van der Waals surface area contributed by atoms with Gasteiger partial charge in [0.15, 0.2) is 0 Å². The first-order valence-electron chi connectivity index (χ1n) is 5.53. The lowest BCUT2D eigenvalue weighted by atomic mass is 10.0. The number of amides is 1. The van der Waals surface area contributed by atoms with Crippen LogP contribution >= 0.6 is 0 Å². The van der Waals surface area contributed by atoms with Crippen LogP contribution < -0.4 is 5.73 Å². The third-order valence-electron chi connectivity index (χ3n) is 3.00. The van der Waals surface area contributed by atoms with E-state index < -0.39 is 6.09 Å². The maximum absolute atomic E-state index is 10.9. The lowest BCUT2D eigenvalue weighted by Crippen LogP contribution is -2.41. The number of nitrogens with two attached hydrogens (primary N) is 1. The summed E-state index contributed by atoms with van der Waals surface area (Å²) in [4.78, 5) is 12.3. The average molecular weight is 236 g/mol. The molecule has 0 radical (unpaired) electrons. The molecule has 0 bridgehead atoms. The van der Waals surface area contributed by atoms with Gasteiger partial charge >= 0.3 is 6.09 Å². The second kappa shape index (κ2) is 4.63. The van der Waals surface area contributed by atoms with Crippen LogP contribution in [0.1, 0.15) is 17.2 Å². The number of rotatable bonds is 1. The Morgan fingerprint density at radius 1 is 1.59 bits per heavy atom. The van der Waals surface area contributed by atoms with Gasteiger partial charge in [-0.3, -0.25) is 0 Å². The molecule has 1 aromatic carbocycles. The number of morpholine rings is 1. The number of aryl methyl sites for hydroxylation is 1. The molecule has 1 aromatic rings. The minimum Gasteiger partial charge on any atom is -0.465 e. The first-order chi connectivity index (χ1) is 8.08. The smallest absolute Gasteiger partial charge is 0.407 e. The number of hydrogen-bond donors (Lipinski definition) is 2. The van der Waals surface area contributed by atoms with Crippen molar-refractivity contribution in [3.05, 3.63) is 29.3 Å². The maximum atomic E-state index is 10.9. The van der Waals surface area contributed by atoms with Gasteiger partial charge in [-0.25, -0.2) is 4.79 Å². The van der Waals surface area contributed by atoms with Gasteiger partial charge in [0.05, 0.1) is 13.2 Å². The Labute approximate surface area is 99.8 Å². The van der Waals surface area contributed by atoms with Crippen LogP contribution in [0.3, 0.4) is 0 Å². The van der Waals surface area contributed by atoms with E-state index in [0.717, 1.165) is 16.8 Å². The highest BCUT2D eigenvalue weighted by Crippen LogP contribution is 2.24. The van der Waals surface area contributed by atoms with Crippen LogP contribution in [0.15, 0.2) is 18.2 Å². The summed E-state index contributed by atoms with van der Waals surface area (Å²) in [7, 11) is 0. The van der Waals surface area contributed by atoms with Crippen LogP contribution in [-0.4, -0.2) is 35.8 Å². The van der Waals surface area contributed by atoms with E-state index in [1.54, 1.807) is 0 Å². The second-order valence-corrected chi connectivity index (χ2v) is 4.20. The Kier molecular flexibility index (Phi) is 3.19. The van der Waals surface area contributed by atoms with Gasteiger partial charge in [-0.1, -0.05) is 12.1 Å². The SMILES string of the molecule is Cc1cc([C@H]2CN(C(=O)O)CCO2)ccc1N. The van der Waals surface area contributed by atoms with E-state index in [4.69, 9.17) is 15.6 Å². The number of carboxylic acid groups (broad SMARTS) is 1. The third kappa shape index (κ3) is 2.50. The van der Waals surface area contributed by atoms with Crippen molar-refractivity contribution >= 4 is 11.8 Å². The van der Waals surface area contributed by atoms with E-state index in [0.29, 0.717) is 19.7 Å². The van der Waals surface area contributed by atoms with Gasteiger partial charge in [-0.2, -0.15) is 0 Å². The predicted octanol–water partition coefficient (Wildman–Crippen LogP) is 1.63. The molecule has 0 aliphatic carbocycles. The molecule has 1 fully saturated rings. The summed E-state index contributed by atoms with van der Waals surface area (Å²) in [5, 5.41) is 8.95. The summed E-state index contributed by atoms with van der Waals surface area (Å²) in [6.45, 7) is 3.16. The summed E-state index contributed by atoms with van der Waals surface area (Å²) < 4.78 is 5.59. The molecule has 5 nitrogen and oxygen atoms in total. The van der Waals surface area contributed by atoms with E-state index in [1.807, 2.05) is 25.1 Å². The van der Waals surface area contributed by atoms with Crippen LogP contribution in [0.5, 0.6) is 0 Å². The molecule has 0 saturated carbocycles. The minimum atomic E-state index is -0.898. The van der Waals surface area contributed by atoms with Gasteiger partial charge in [0.1, 0.15) is 6.10 Å². The van der Waals surface area contributed by atoms with Crippen molar-refractivity contribution in [2.45, 2.75) is 13.0 Å². The quantitative estimate of drug-likeness (QED) is 0.727. The number of carbonyl (C=O) groups is 1. The number of ether oxygens (including phenoxy) is 1. The number of anilines is 1. The van der Waals surface area contributed by atoms with Crippen molar-refractivity contribution in [3.63, 3.8) is 0 Å². The number of benzene rings is 1. The van der Waals surface area contributed by atoms with Crippen molar-refractivity contribution < 1.29 is 14.6 Å². The van der Waals surface area contributed by atoms with Crippen molar-refractivity contribution in [1.82, 2.24) is 4.90 Å². The molecule has 0 spiro atoms. The van der Waals surface area contributed by atoms with Crippen molar-refractivity contribution in [3.8, 4) is 0 Å². The molecular weight excluding hydrogens is 220 g/mol. The Balaban J connectivity index is 2.16. The van der Waals surface area contributed by atoms with Gasteiger partial charge in [0.25, 0.3) is 0 Å². The van der Waals surface area contributed by atoms with Crippen LogP contribution in [0, 0.1) is 6.92 Å². The molecule has 5 heteroatoms. The number of nitrogen functional groups attached to an aromatic ring is 1. The second-order valence-electron chi connectivity index (χ2n) is 4.20. The Morgan fingerprint density at radius 3 is 3.00 bits per heavy atom. The predicted molar refractivity (Wildman–Crippen MR) is 63.9 cm³/mol. The zero-order valence-electron chi connectivity index (χ0n) is 9.72. The largest absolute Gasteiger partial charge is 0.465 e. The fourth-order valence-corrected chi connectivity index (χ4v) is 1.92. The van der Waals surface area contributed by atoms with Gasteiger partial charge in [-0.15, -0.1) is 0 Å². The van der Waals surface area contributed by atoms with Crippen LogP contribution in [-0.2, 0) is 4.74 Å². The van der Waals surface area contributed by atoms with Gasteiger partial charge in [-0.05, 0) is 24.1 Å². The molecule has 1 aliphatic heterocycles. The van der Waals surface area contributed by atoms with E-state index in [9.17, 15) is 4.79 Å². The van der Waals surface area contributed by atoms with Gasteiger partial charge < -0.3 is 20.5 Å². The van der Waals surface area contributed by atoms with E-state index >= 15 is 0 Å². The summed E-state index contributed by atoms with van der Waals surface area (Å²) in [6.07, 6.45) is -1.09. The average Bonchev–Trinajstić information content (AvgIpc) is 2.33. The van der Waals surface area contributed by atoms with Crippen molar-refractivity contribution in [2.24, 2.45) is 0 Å². The summed E-state index contributed by atoms with van der Waals surface area (Å²) in [5.74, 6) is 0. The zero-order chi connectivity index (χ0) is 12.4. The van der Waals surface area contributed by atoms with Crippen LogP contribution in [0.2, 0.25) is 0 Å². The van der Waals surface area contributed by atoms with Gasteiger partial charge in [0.2, 0.25) is 0 Å². The van der Waals surface area contributed by atoms with E-state index in [1.165, 1.54) is 4.90 Å². The minimum absolute atomic E-state index is 0.195. The summed E-state index contributed by atoms with van der Waals surface area (Å²) in [6, 6.07) is 5.66. The van der Waals surface area contributed by atoms with Crippen molar-refractivity contribution in [2.75, 3.05) is 25.4 Å². The Hall–Kier alpha value is -1.75. The molecule has 1 amide bonds. The zero-order valence-corrected chi connectivity index (χ0v) is 9.72. The number of nitrogens with zero attached hydrogens (tertiary/aromatic N) is 1. The molecule has 17 heavy (non-hydrogen) atoms. The first-order valence-corrected chi connectivity index (χ1v) is 5.53. The Bertz CT molecular complexity index is 434. The molecule has 0 aromatic heterocycles. The molecule has 1 saturated heterocycles. The molecule has 92 valence electrons. The molecular formula is C12H16N2O3. The highest BCUT2D eigenvalue weighted by Gasteiger charge is 2.25. The molecule has 2 rings (SSSR count). The fourth-order valence-electron chi connectivity index (χ4n) is 1.92. The van der Waals surface area contributed by atoms with Gasteiger partial charge in [0, 0.05) is 12.2 Å². The fraction of sp³-hybridized carbons (Fsp3) is 0.417. The normalized spacial score (nSPS) is 20.3. The summed E-state index contributed by atoms with van der Waals surface area (Å²) in [5.41, 5.74) is 8.44. The molecule has 3 N–H and O–H groups in total. The first kappa shape index (κ1) is 11.7. The molecule has 1 atom stereocenters. The standard InChI is InChI=1S/C12H16N2O3/c1-8-6-9(2-3-10(8)13)11-7-14(12(15)16)4-5-17-11/h2-3,6,11H,4-5,7,13H2,1H3,(H,15,16)/t11-/m1/s1. The molecule has 1 aliphatic rings. The lowest BCUT2D eigenvalue weighted by Gasteiger charge is -2.31. The lowest BCUT2D eigenvalue weighted by molar-refractivity contribution is -0.0232.